The van der Waals surface area contributed by atoms with Crippen LogP contribution in [-0.2, 0) is 0 Å². The molecule has 4 nitrogen and oxygen atoms in total. The Balaban J connectivity index is 1.96. The van der Waals surface area contributed by atoms with Crippen LogP contribution in [0.4, 0.5) is 0 Å². The highest BCUT2D eigenvalue weighted by Gasteiger charge is 2.37. The quantitative estimate of drug-likeness (QED) is 0.833. The first kappa shape index (κ1) is 17.2. The Morgan fingerprint density at radius 3 is 2.57 bits per heavy atom. The molecule has 2 N–H and O–H groups in total. The smallest absolute Gasteiger partial charge is 0.0341 e. The van der Waals surface area contributed by atoms with E-state index in [0.29, 0.717) is 6.04 Å². The maximum atomic E-state index is 6.26. The molecule has 2 aliphatic heterocycles. The fourth-order valence-corrected chi connectivity index (χ4v) is 4.21. The molecular formula is C17H36N4. The monoisotopic (exact) mass is 296 g/mol. The van der Waals surface area contributed by atoms with Crippen molar-refractivity contribution in [2.45, 2.75) is 51.1 Å². The summed E-state index contributed by atoms with van der Waals surface area (Å²) in [5.41, 5.74) is 6.49. The first-order valence-electron chi connectivity index (χ1n) is 8.81. The van der Waals surface area contributed by atoms with Crippen molar-refractivity contribution in [3.05, 3.63) is 0 Å². The summed E-state index contributed by atoms with van der Waals surface area (Å²) >= 11 is 0. The van der Waals surface area contributed by atoms with Crippen LogP contribution in [0.1, 0.15) is 39.5 Å². The normalized spacial score (nSPS) is 33.0. The second kappa shape index (κ2) is 7.40. The Hall–Kier alpha value is -0.160. The van der Waals surface area contributed by atoms with Gasteiger partial charge < -0.3 is 15.5 Å². The molecule has 4 heteroatoms. The first-order valence-corrected chi connectivity index (χ1v) is 8.81. The first-order chi connectivity index (χ1) is 9.97. The molecule has 0 aromatic heterocycles. The summed E-state index contributed by atoms with van der Waals surface area (Å²) in [6, 6.07) is 0.660. The van der Waals surface area contributed by atoms with E-state index in [-0.39, 0.29) is 5.54 Å². The molecule has 2 fully saturated rings. The zero-order valence-electron chi connectivity index (χ0n) is 14.6. The van der Waals surface area contributed by atoms with Crippen molar-refractivity contribution in [3.63, 3.8) is 0 Å². The zero-order chi connectivity index (χ0) is 15.5. The Morgan fingerprint density at radius 1 is 1.24 bits per heavy atom. The Labute approximate surface area is 131 Å². The predicted octanol–water partition coefficient (Wildman–Crippen LogP) is 1.46. The van der Waals surface area contributed by atoms with Crippen molar-refractivity contribution in [3.8, 4) is 0 Å². The van der Waals surface area contributed by atoms with E-state index in [1.165, 1.54) is 58.4 Å². The van der Waals surface area contributed by atoms with Crippen molar-refractivity contribution >= 4 is 0 Å². The van der Waals surface area contributed by atoms with E-state index in [4.69, 9.17) is 5.73 Å². The number of likely N-dealkylation sites (tertiary alicyclic amines) is 2. The summed E-state index contributed by atoms with van der Waals surface area (Å²) in [4.78, 5) is 7.69. The average Bonchev–Trinajstić information content (AvgIpc) is 2.74. The number of rotatable bonds is 5. The third-order valence-corrected chi connectivity index (χ3v) is 5.89. The van der Waals surface area contributed by atoms with Crippen LogP contribution in [-0.4, -0.2) is 79.6 Å². The van der Waals surface area contributed by atoms with Gasteiger partial charge in [-0.25, -0.2) is 0 Å². The summed E-state index contributed by atoms with van der Waals surface area (Å²) in [5, 5.41) is 0. The van der Waals surface area contributed by atoms with Gasteiger partial charge in [-0.3, -0.25) is 4.90 Å². The van der Waals surface area contributed by atoms with Gasteiger partial charge in [-0.1, -0.05) is 0 Å². The summed E-state index contributed by atoms with van der Waals surface area (Å²) in [5.74, 6) is 0.827. The minimum Gasteiger partial charge on any atom is -0.329 e. The SMILES string of the molecule is CC(C)N1CCCC(CN)(N(C)CC2CCN(C)C2)CC1. The molecule has 2 unspecified atom stereocenters. The molecule has 0 spiro atoms. The molecular weight excluding hydrogens is 260 g/mol. The van der Waals surface area contributed by atoms with E-state index in [9.17, 15) is 0 Å². The third-order valence-electron chi connectivity index (χ3n) is 5.89. The lowest BCUT2D eigenvalue weighted by atomic mass is 9.88. The Bertz CT molecular complexity index is 320. The number of hydrogen-bond donors (Lipinski definition) is 1. The zero-order valence-corrected chi connectivity index (χ0v) is 14.6. The number of likely N-dealkylation sites (N-methyl/N-ethyl adjacent to an activating group) is 1. The minimum atomic E-state index is 0.227. The van der Waals surface area contributed by atoms with Gasteiger partial charge in [0.25, 0.3) is 0 Å². The molecule has 0 radical (unpaired) electrons. The van der Waals surface area contributed by atoms with Crippen LogP contribution < -0.4 is 5.73 Å². The van der Waals surface area contributed by atoms with Crippen LogP contribution in [0.5, 0.6) is 0 Å². The van der Waals surface area contributed by atoms with Crippen molar-refractivity contribution in [2.75, 3.05) is 53.4 Å². The van der Waals surface area contributed by atoms with E-state index >= 15 is 0 Å². The van der Waals surface area contributed by atoms with Crippen molar-refractivity contribution in [2.24, 2.45) is 11.7 Å². The highest BCUT2D eigenvalue weighted by molar-refractivity contribution is 4.95. The van der Waals surface area contributed by atoms with Crippen LogP contribution in [0.2, 0.25) is 0 Å². The van der Waals surface area contributed by atoms with E-state index in [1.807, 2.05) is 0 Å². The topological polar surface area (TPSA) is 35.7 Å². The molecule has 0 aliphatic carbocycles. The molecule has 2 saturated heterocycles. The fourth-order valence-electron chi connectivity index (χ4n) is 4.21. The lowest BCUT2D eigenvalue weighted by Crippen LogP contribution is -2.54. The lowest BCUT2D eigenvalue weighted by Gasteiger charge is -2.42. The van der Waals surface area contributed by atoms with Crippen molar-refractivity contribution in [1.82, 2.24) is 14.7 Å². The van der Waals surface area contributed by atoms with Gasteiger partial charge in [0, 0.05) is 37.8 Å². The van der Waals surface area contributed by atoms with Crippen LogP contribution in [0, 0.1) is 5.92 Å². The standard InChI is InChI=1S/C17H36N4/c1-15(2)21-9-5-7-17(14-18,8-11-21)20(4)13-16-6-10-19(3)12-16/h15-16H,5-14,18H2,1-4H3. The van der Waals surface area contributed by atoms with Gasteiger partial charge in [0.05, 0.1) is 0 Å². The summed E-state index contributed by atoms with van der Waals surface area (Å²) in [6.45, 7) is 11.6. The molecule has 0 bridgehead atoms. The molecule has 124 valence electrons. The average molecular weight is 297 g/mol. The van der Waals surface area contributed by atoms with Crippen molar-refractivity contribution < 1.29 is 0 Å². The largest absolute Gasteiger partial charge is 0.329 e. The highest BCUT2D eigenvalue weighted by atomic mass is 15.2. The Morgan fingerprint density at radius 2 is 2.00 bits per heavy atom. The second-order valence-electron chi connectivity index (χ2n) is 7.71. The second-order valence-corrected chi connectivity index (χ2v) is 7.71. The van der Waals surface area contributed by atoms with Crippen LogP contribution >= 0.6 is 0 Å². The van der Waals surface area contributed by atoms with E-state index in [0.717, 1.165) is 12.5 Å². The van der Waals surface area contributed by atoms with Gasteiger partial charge in [0.1, 0.15) is 0 Å². The van der Waals surface area contributed by atoms with Gasteiger partial charge >= 0.3 is 0 Å². The lowest BCUT2D eigenvalue weighted by molar-refractivity contribution is 0.0886. The fraction of sp³-hybridized carbons (Fsp3) is 1.00. The van der Waals surface area contributed by atoms with Crippen LogP contribution in [0.3, 0.4) is 0 Å². The minimum absolute atomic E-state index is 0.227. The molecule has 0 aromatic carbocycles. The molecule has 0 aromatic rings. The predicted molar refractivity (Wildman–Crippen MR) is 90.6 cm³/mol. The molecule has 2 rings (SSSR count). The highest BCUT2D eigenvalue weighted by Crippen LogP contribution is 2.29. The molecule has 0 amide bonds. The van der Waals surface area contributed by atoms with E-state index < -0.39 is 0 Å². The van der Waals surface area contributed by atoms with Crippen LogP contribution in [0.15, 0.2) is 0 Å². The summed E-state index contributed by atoms with van der Waals surface area (Å²) < 4.78 is 0. The van der Waals surface area contributed by atoms with E-state index in [1.54, 1.807) is 0 Å². The number of nitrogens with two attached hydrogens (primary N) is 1. The molecule has 2 atom stereocenters. The molecule has 21 heavy (non-hydrogen) atoms. The Kier molecular flexibility index (Phi) is 6.06. The third kappa shape index (κ3) is 4.19. The maximum absolute atomic E-state index is 6.26. The number of hydrogen-bond acceptors (Lipinski definition) is 4. The van der Waals surface area contributed by atoms with Crippen molar-refractivity contribution in [1.29, 1.82) is 0 Å². The van der Waals surface area contributed by atoms with Gasteiger partial charge in [-0.2, -0.15) is 0 Å². The van der Waals surface area contributed by atoms with Gasteiger partial charge in [0.15, 0.2) is 0 Å². The maximum Gasteiger partial charge on any atom is 0.0341 e. The van der Waals surface area contributed by atoms with Gasteiger partial charge in [-0.05, 0) is 72.6 Å². The number of nitrogens with zero attached hydrogens (tertiary/aromatic N) is 3. The van der Waals surface area contributed by atoms with Gasteiger partial charge in [0.2, 0.25) is 0 Å². The molecule has 2 heterocycles. The summed E-state index contributed by atoms with van der Waals surface area (Å²) in [6.07, 6.45) is 5.11. The molecule has 0 saturated carbocycles. The van der Waals surface area contributed by atoms with Crippen LogP contribution in [0.25, 0.3) is 0 Å². The van der Waals surface area contributed by atoms with Gasteiger partial charge in [-0.15, -0.1) is 0 Å². The van der Waals surface area contributed by atoms with E-state index in [2.05, 4.69) is 42.6 Å². The summed E-state index contributed by atoms with van der Waals surface area (Å²) in [7, 11) is 4.56. The molecule has 2 aliphatic rings.